The molecule has 3 atom stereocenters. The highest BCUT2D eigenvalue weighted by molar-refractivity contribution is 5.94. The van der Waals surface area contributed by atoms with E-state index in [0.29, 0.717) is 30.8 Å². The number of halogens is 1. The van der Waals surface area contributed by atoms with Gasteiger partial charge in [-0.2, -0.15) is 0 Å². The molecular weight excluding hydrogens is 359 g/mol. The fraction of sp³-hybridized carbons (Fsp3) is 0.545. The van der Waals surface area contributed by atoms with Crippen LogP contribution in [0.3, 0.4) is 0 Å². The first-order valence-corrected chi connectivity index (χ1v) is 10.3. The number of fused-ring (bicyclic) bond motifs is 2. The third-order valence-corrected chi connectivity index (χ3v) is 6.97. The molecular formula is C22H25FN2O3. The zero-order chi connectivity index (χ0) is 19.3. The largest absolute Gasteiger partial charge is 0.385 e. The van der Waals surface area contributed by atoms with Gasteiger partial charge in [0.05, 0.1) is 5.60 Å². The minimum Gasteiger partial charge on any atom is -0.385 e. The number of rotatable bonds is 2. The second kappa shape index (κ2) is 6.69. The number of aryl methyl sites for hydroxylation is 1. The zero-order valence-corrected chi connectivity index (χ0v) is 15.9. The van der Waals surface area contributed by atoms with Gasteiger partial charge >= 0.3 is 0 Å². The molecule has 6 heteroatoms. The number of aliphatic hydroxyl groups is 1. The maximum absolute atomic E-state index is 14.5. The number of likely N-dealkylation sites (tertiary alicyclic amines) is 1. The van der Waals surface area contributed by atoms with Gasteiger partial charge < -0.3 is 14.5 Å². The highest BCUT2D eigenvalue weighted by atomic mass is 19.1. The predicted octanol–water partition coefficient (Wildman–Crippen LogP) is 3.45. The summed E-state index contributed by atoms with van der Waals surface area (Å²) in [5.41, 5.74) is 0.517. The van der Waals surface area contributed by atoms with Crippen LogP contribution in [0.4, 0.5) is 4.39 Å². The molecule has 148 valence electrons. The van der Waals surface area contributed by atoms with Crippen molar-refractivity contribution >= 4 is 5.91 Å². The van der Waals surface area contributed by atoms with Crippen molar-refractivity contribution in [2.24, 2.45) is 11.8 Å². The standard InChI is InChI=1S/C22H25FN2O3/c23-18-9-3-2-8-16(18)22(27)11-5-6-14-12-25(13-17(14)22)21(26)20-15-7-1-4-10-19(15)28-24-20/h2-3,8-9,14,17,27H,1,4-7,10-13H2/t14-,17+,22-/m1/s1. The van der Waals surface area contributed by atoms with E-state index >= 15 is 0 Å². The van der Waals surface area contributed by atoms with E-state index in [0.717, 1.165) is 49.8 Å². The lowest BCUT2D eigenvalue weighted by Crippen LogP contribution is -2.43. The molecule has 1 saturated carbocycles. The molecule has 5 rings (SSSR count). The van der Waals surface area contributed by atoms with Crippen molar-refractivity contribution in [2.45, 2.75) is 50.5 Å². The summed E-state index contributed by atoms with van der Waals surface area (Å²) in [7, 11) is 0. The van der Waals surface area contributed by atoms with E-state index < -0.39 is 5.60 Å². The van der Waals surface area contributed by atoms with E-state index in [2.05, 4.69) is 5.16 Å². The Morgan fingerprint density at radius 1 is 1.21 bits per heavy atom. The van der Waals surface area contributed by atoms with Crippen molar-refractivity contribution in [3.05, 3.63) is 52.7 Å². The average molecular weight is 384 g/mol. The van der Waals surface area contributed by atoms with Gasteiger partial charge in [-0.1, -0.05) is 23.4 Å². The SMILES string of the molecule is O=C(c1noc2c1CCCC2)N1C[C@H]2CCC[C@@](O)(c3ccccc3F)[C@H]2C1. The molecule has 5 nitrogen and oxygen atoms in total. The molecule has 28 heavy (non-hydrogen) atoms. The van der Waals surface area contributed by atoms with Crippen LogP contribution in [-0.4, -0.2) is 34.2 Å². The van der Waals surface area contributed by atoms with Gasteiger partial charge in [-0.05, 0) is 50.5 Å². The van der Waals surface area contributed by atoms with Gasteiger partial charge in [0.25, 0.3) is 5.91 Å². The van der Waals surface area contributed by atoms with Gasteiger partial charge in [0.15, 0.2) is 5.69 Å². The van der Waals surface area contributed by atoms with Gasteiger partial charge in [0.2, 0.25) is 0 Å². The molecule has 0 spiro atoms. The van der Waals surface area contributed by atoms with Gasteiger partial charge in [0.1, 0.15) is 11.6 Å². The van der Waals surface area contributed by atoms with Crippen LogP contribution in [0.2, 0.25) is 0 Å². The maximum Gasteiger partial charge on any atom is 0.276 e. The number of amides is 1. The lowest BCUT2D eigenvalue weighted by Gasteiger charge is -2.41. The first kappa shape index (κ1) is 17.9. The molecule has 1 aromatic heterocycles. The number of carbonyl (C=O) groups excluding carboxylic acids is 1. The number of carbonyl (C=O) groups is 1. The van der Waals surface area contributed by atoms with Gasteiger partial charge in [0, 0.05) is 36.6 Å². The Labute approximate surface area is 163 Å². The van der Waals surface area contributed by atoms with Crippen LogP contribution in [0.5, 0.6) is 0 Å². The monoisotopic (exact) mass is 384 g/mol. The summed E-state index contributed by atoms with van der Waals surface area (Å²) in [6, 6.07) is 6.48. The minimum absolute atomic E-state index is 0.114. The zero-order valence-electron chi connectivity index (χ0n) is 15.9. The molecule has 2 aromatic rings. The van der Waals surface area contributed by atoms with Crippen LogP contribution < -0.4 is 0 Å². The molecule has 0 bridgehead atoms. The number of hydrogen-bond donors (Lipinski definition) is 1. The van der Waals surface area contributed by atoms with Gasteiger partial charge in [-0.15, -0.1) is 0 Å². The highest BCUT2D eigenvalue weighted by Gasteiger charge is 2.52. The molecule has 2 aliphatic carbocycles. The molecule has 1 saturated heterocycles. The molecule has 2 heterocycles. The highest BCUT2D eigenvalue weighted by Crippen LogP contribution is 2.49. The van der Waals surface area contributed by atoms with Crippen molar-refractivity contribution in [2.75, 3.05) is 13.1 Å². The van der Waals surface area contributed by atoms with Crippen molar-refractivity contribution in [3.8, 4) is 0 Å². The first-order valence-electron chi connectivity index (χ1n) is 10.3. The third-order valence-electron chi connectivity index (χ3n) is 6.97. The van der Waals surface area contributed by atoms with E-state index in [1.807, 2.05) is 0 Å². The lowest BCUT2D eigenvalue weighted by atomic mass is 9.67. The Morgan fingerprint density at radius 2 is 2.04 bits per heavy atom. The summed E-state index contributed by atoms with van der Waals surface area (Å²) >= 11 is 0. The second-order valence-electron chi connectivity index (χ2n) is 8.51. The van der Waals surface area contributed by atoms with Crippen LogP contribution in [0.15, 0.2) is 28.8 Å². The van der Waals surface area contributed by atoms with Crippen LogP contribution in [-0.2, 0) is 18.4 Å². The van der Waals surface area contributed by atoms with Crippen molar-refractivity contribution in [1.82, 2.24) is 10.1 Å². The molecule has 0 radical (unpaired) electrons. The van der Waals surface area contributed by atoms with E-state index in [-0.39, 0.29) is 23.6 Å². The van der Waals surface area contributed by atoms with E-state index in [4.69, 9.17) is 4.52 Å². The van der Waals surface area contributed by atoms with E-state index in [9.17, 15) is 14.3 Å². The Bertz CT molecular complexity index is 911. The second-order valence-corrected chi connectivity index (χ2v) is 8.51. The van der Waals surface area contributed by atoms with Crippen molar-refractivity contribution in [3.63, 3.8) is 0 Å². The topological polar surface area (TPSA) is 66.6 Å². The van der Waals surface area contributed by atoms with Gasteiger partial charge in [-0.25, -0.2) is 4.39 Å². The smallest absolute Gasteiger partial charge is 0.276 e. The van der Waals surface area contributed by atoms with Crippen molar-refractivity contribution in [1.29, 1.82) is 0 Å². The van der Waals surface area contributed by atoms with Crippen LogP contribution in [0, 0.1) is 17.7 Å². The molecule has 2 fully saturated rings. The summed E-state index contributed by atoms with van der Waals surface area (Å²) < 4.78 is 19.9. The van der Waals surface area contributed by atoms with Gasteiger partial charge in [-0.3, -0.25) is 4.79 Å². The maximum atomic E-state index is 14.5. The average Bonchev–Trinajstić information content (AvgIpc) is 3.33. The molecule has 3 aliphatic rings. The predicted molar refractivity (Wildman–Crippen MR) is 100 cm³/mol. The normalized spacial score (nSPS) is 29.4. The summed E-state index contributed by atoms with van der Waals surface area (Å²) in [5, 5.41) is 15.6. The lowest BCUT2D eigenvalue weighted by molar-refractivity contribution is -0.0668. The Balaban J connectivity index is 1.43. The summed E-state index contributed by atoms with van der Waals surface area (Å²) in [6.45, 7) is 1.01. The van der Waals surface area contributed by atoms with Crippen LogP contribution in [0.25, 0.3) is 0 Å². The van der Waals surface area contributed by atoms with E-state index in [1.165, 1.54) is 6.07 Å². The number of nitrogens with zero attached hydrogens (tertiary/aromatic N) is 2. The number of hydrogen-bond acceptors (Lipinski definition) is 4. The Kier molecular flexibility index (Phi) is 4.27. The molecule has 1 aromatic carbocycles. The first-order chi connectivity index (χ1) is 13.6. The number of aromatic nitrogens is 1. The molecule has 1 N–H and O–H groups in total. The molecule has 1 aliphatic heterocycles. The summed E-state index contributed by atoms with van der Waals surface area (Å²) in [5.74, 6) is 0.363. The van der Waals surface area contributed by atoms with Crippen molar-refractivity contribution < 1.29 is 18.8 Å². The Hall–Kier alpha value is -2.21. The number of benzene rings is 1. The fourth-order valence-corrected chi connectivity index (χ4v) is 5.54. The van der Waals surface area contributed by atoms with E-state index in [1.54, 1.807) is 23.1 Å². The molecule has 1 amide bonds. The molecule has 0 unspecified atom stereocenters. The summed E-state index contributed by atoms with van der Waals surface area (Å²) in [4.78, 5) is 15.0. The minimum atomic E-state index is -1.23. The fourth-order valence-electron chi connectivity index (χ4n) is 5.54. The summed E-state index contributed by atoms with van der Waals surface area (Å²) in [6.07, 6.45) is 6.09. The van der Waals surface area contributed by atoms with Crippen LogP contribution in [0.1, 0.15) is 59.5 Å². The third kappa shape index (κ3) is 2.69. The quantitative estimate of drug-likeness (QED) is 0.861. The Morgan fingerprint density at radius 3 is 2.89 bits per heavy atom. The van der Waals surface area contributed by atoms with Crippen LogP contribution >= 0.6 is 0 Å².